The average molecular weight is 457 g/mol. The number of benzene rings is 1. The molecule has 0 atom stereocenters. The number of amides is 1. The summed E-state index contributed by atoms with van der Waals surface area (Å²) in [5.74, 6) is -0.358. The van der Waals surface area contributed by atoms with Gasteiger partial charge in [0.25, 0.3) is 5.91 Å². The lowest BCUT2D eigenvalue weighted by molar-refractivity contribution is 0.0794. The number of carbonyl (C=O) groups is 1. The number of carbonyl (C=O) groups excluding carboxylic acids is 1. The van der Waals surface area contributed by atoms with E-state index < -0.39 is 15.8 Å². The SMILES string of the molecule is O=C(c1cnn2ccc(C3CCN(S(=O)(=O)c4cccc(F)c4)CC3)cc12)N1CCCC1. The third-order valence-corrected chi connectivity index (χ3v) is 8.42. The van der Waals surface area contributed by atoms with Gasteiger partial charge < -0.3 is 4.90 Å². The van der Waals surface area contributed by atoms with Gasteiger partial charge in [0, 0.05) is 32.4 Å². The van der Waals surface area contributed by atoms with Gasteiger partial charge in [-0.1, -0.05) is 6.07 Å². The number of halogens is 1. The monoisotopic (exact) mass is 456 g/mol. The minimum absolute atomic E-state index is 0.0123. The quantitative estimate of drug-likeness (QED) is 0.604. The molecule has 0 saturated carbocycles. The lowest BCUT2D eigenvalue weighted by atomic mass is 9.90. The molecule has 168 valence electrons. The maximum absolute atomic E-state index is 13.5. The number of rotatable bonds is 4. The second-order valence-corrected chi connectivity index (χ2v) is 10.4. The number of likely N-dealkylation sites (tertiary alicyclic amines) is 1. The van der Waals surface area contributed by atoms with Crippen LogP contribution in [0.5, 0.6) is 0 Å². The fourth-order valence-corrected chi connectivity index (χ4v) is 6.21. The van der Waals surface area contributed by atoms with E-state index in [1.54, 1.807) is 10.7 Å². The van der Waals surface area contributed by atoms with Crippen LogP contribution in [0, 0.1) is 5.82 Å². The molecular formula is C23H25FN4O3S. The van der Waals surface area contributed by atoms with Crippen molar-refractivity contribution in [3.05, 3.63) is 65.7 Å². The van der Waals surface area contributed by atoms with E-state index in [1.165, 1.54) is 22.5 Å². The van der Waals surface area contributed by atoms with Crippen molar-refractivity contribution in [3.8, 4) is 0 Å². The Morgan fingerprint density at radius 1 is 1.03 bits per heavy atom. The highest BCUT2D eigenvalue weighted by molar-refractivity contribution is 7.89. The Hall–Kier alpha value is -2.78. The van der Waals surface area contributed by atoms with Gasteiger partial charge in [-0.15, -0.1) is 0 Å². The minimum atomic E-state index is -3.71. The number of sulfonamides is 1. The molecular weight excluding hydrogens is 431 g/mol. The smallest absolute Gasteiger partial charge is 0.257 e. The van der Waals surface area contributed by atoms with Crippen LogP contribution in [0.25, 0.3) is 5.52 Å². The Morgan fingerprint density at radius 3 is 2.50 bits per heavy atom. The summed E-state index contributed by atoms with van der Waals surface area (Å²) >= 11 is 0. The van der Waals surface area contributed by atoms with Crippen LogP contribution in [0.4, 0.5) is 4.39 Å². The van der Waals surface area contributed by atoms with Crippen molar-refractivity contribution in [1.29, 1.82) is 0 Å². The van der Waals surface area contributed by atoms with E-state index in [9.17, 15) is 17.6 Å². The van der Waals surface area contributed by atoms with Crippen LogP contribution in [0.1, 0.15) is 47.5 Å². The number of piperidine rings is 1. The summed E-state index contributed by atoms with van der Waals surface area (Å²) in [6.45, 7) is 2.31. The van der Waals surface area contributed by atoms with Crippen molar-refractivity contribution in [2.45, 2.75) is 36.5 Å². The molecule has 4 heterocycles. The normalized spacial score (nSPS) is 18.5. The zero-order valence-corrected chi connectivity index (χ0v) is 18.5. The van der Waals surface area contributed by atoms with Crippen molar-refractivity contribution < 1.29 is 17.6 Å². The summed E-state index contributed by atoms with van der Waals surface area (Å²) in [5.41, 5.74) is 2.48. The maximum atomic E-state index is 13.5. The third kappa shape index (κ3) is 3.80. The summed E-state index contributed by atoms with van der Waals surface area (Å²) in [7, 11) is -3.71. The first-order valence-electron chi connectivity index (χ1n) is 11.0. The summed E-state index contributed by atoms with van der Waals surface area (Å²) in [6, 6.07) is 9.14. The Balaban J connectivity index is 1.34. The first kappa shape index (κ1) is 21.1. The van der Waals surface area contributed by atoms with Gasteiger partial charge in [0.05, 0.1) is 22.2 Å². The van der Waals surface area contributed by atoms with Crippen molar-refractivity contribution >= 4 is 21.4 Å². The fraction of sp³-hybridized carbons (Fsp3) is 0.391. The van der Waals surface area contributed by atoms with Gasteiger partial charge in [-0.05, 0) is 67.5 Å². The molecule has 1 aromatic carbocycles. The van der Waals surface area contributed by atoms with Crippen LogP contribution in [-0.4, -0.2) is 59.3 Å². The van der Waals surface area contributed by atoms with Crippen LogP contribution in [0.15, 0.2) is 53.7 Å². The average Bonchev–Trinajstić information content (AvgIpc) is 3.49. The maximum Gasteiger partial charge on any atom is 0.257 e. The molecule has 2 aliphatic heterocycles. The Kier molecular flexibility index (Phi) is 5.46. The molecule has 2 fully saturated rings. The van der Waals surface area contributed by atoms with Crippen molar-refractivity contribution in [2.75, 3.05) is 26.2 Å². The summed E-state index contributed by atoms with van der Waals surface area (Å²) in [5, 5.41) is 4.33. The lowest BCUT2D eigenvalue weighted by Crippen LogP contribution is -2.37. The largest absolute Gasteiger partial charge is 0.339 e. The molecule has 0 bridgehead atoms. The Labute approximate surface area is 186 Å². The van der Waals surface area contributed by atoms with Crippen molar-refractivity contribution in [1.82, 2.24) is 18.8 Å². The molecule has 5 rings (SSSR count). The van der Waals surface area contributed by atoms with E-state index in [4.69, 9.17) is 0 Å². The first-order valence-corrected chi connectivity index (χ1v) is 12.4. The topological polar surface area (TPSA) is 75.0 Å². The second kappa shape index (κ2) is 8.29. The van der Waals surface area contributed by atoms with E-state index in [0.717, 1.165) is 43.1 Å². The number of hydrogen-bond acceptors (Lipinski definition) is 4. The lowest BCUT2D eigenvalue weighted by Gasteiger charge is -2.31. The van der Waals surface area contributed by atoms with Crippen molar-refractivity contribution in [2.24, 2.45) is 0 Å². The van der Waals surface area contributed by atoms with Gasteiger partial charge >= 0.3 is 0 Å². The highest BCUT2D eigenvalue weighted by atomic mass is 32.2. The number of pyridine rings is 1. The molecule has 2 aliphatic rings. The predicted octanol–water partition coefficient (Wildman–Crippen LogP) is 3.28. The Morgan fingerprint density at radius 2 is 1.78 bits per heavy atom. The molecule has 32 heavy (non-hydrogen) atoms. The molecule has 0 spiro atoms. The van der Waals surface area contributed by atoms with Gasteiger partial charge in [0.15, 0.2) is 0 Å². The van der Waals surface area contributed by atoms with Crippen LogP contribution >= 0.6 is 0 Å². The van der Waals surface area contributed by atoms with E-state index in [-0.39, 0.29) is 16.7 Å². The van der Waals surface area contributed by atoms with E-state index >= 15 is 0 Å². The van der Waals surface area contributed by atoms with E-state index in [0.29, 0.717) is 31.5 Å². The zero-order chi connectivity index (χ0) is 22.3. The van der Waals surface area contributed by atoms with Gasteiger partial charge in [-0.2, -0.15) is 9.40 Å². The predicted molar refractivity (Wildman–Crippen MR) is 117 cm³/mol. The number of fused-ring (bicyclic) bond motifs is 1. The molecule has 7 nitrogen and oxygen atoms in total. The number of hydrogen-bond donors (Lipinski definition) is 0. The van der Waals surface area contributed by atoms with E-state index in [2.05, 4.69) is 5.10 Å². The number of aromatic nitrogens is 2. The van der Waals surface area contributed by atoms with E-state index in [1.807, 2.05) is 23.2 Å². The molecule has 2 saturated heterocycles. The first-order chi connectivity index (χ1) is 15.4. The molecule has 0 aliphatic carbocycles. The highest BCUT2D eigenvalue weighted by Crippen LogP contribution is 2.32. The zero-order valence-electron chi connectivity index (χ0n) is 17.7. The highest BCUT2D eigenvalue weighted by Gasteiger charge is 2.31. The summed E-state index contributed by atoms with van der Waals surface area (Å²) in [4.78, 5) is 14.8. The van der Waals surface area contributed by atoms with Gasteiger partial charge in [0.2, 0.25) is 10.0 Å². The second-order valence-electron chi connectivity index (χ2n) is 8.48. The summed E-state index contributed by atoms with van der Waals surface area (Å²) in [6.07, 6.45) is 6.89. The minimum Gasteiger partial charge on any atom is -0.339 e. The molecule has 0 unspecified atom stereocenters. The van der Waals surface area contributed by atoms with Gasteiger partial charge in [-0.3, -0.25) is 4.79 Å². The molecule has 9 heteroatoms. The fourth-order valence-electron chi connectivity index (χ4n) is 4.71. The van der Waals surface area contributed by atoms with Gasteiger partial charge in [-0.25, -0.2) is 17.3 Å². The van der Waals surface area contributed by atoms with Crippen LogP contribution in [0.3, 0.4) is 0 Å². The molecule has 0 N–H and O–H groups in total. The molecule has 3 aromatic rings. The molecule has 2 aromatic heterocycles. The molecule has 0 radical (unpaired) electrons. The van der Waals surface area contributed by atoms with Crippen LogP contribution < -0.4 is 0 Å². The standard InChI is InChI=1S/C23H25FN4O3S/c24-19-4-3-5-20(15-19)32(30,31)27-11-6-17(7-12-27)18-8-13-28-22(14-18)21(16-25-28)23(29)26-9-1-2-10-26/h3-5,8,13-17H,1-2,6-7,9-12H2. The molecule has 1 amide bonds. The number of nitrogens with zero attached hydrogens (tertiary/aromatic N) is 4. The third-order valence-electron chi connectivity index (χ3n) is 6.53. The van der Waals surface area contributed by atoms with Crippen molar-refractivity contribution in [3.63, 3.8) is 0 Å². The summed E-state index contributed by atoms with van der Waals surface area (Å²) < 4.78 is 42.4. The van der Waals surface area contributed by atoms with Crippen LogP contribution in [-0.2, 0) is 10.0 Å². The Bertz CT molecular complexity index is 1260. The van der Waals surface area contributed by atoms with Crippen LogP contribution in [0.2, 0.25) is 0 Å². The van der Waals surface area contributed by atoms with Gasteiger partial charge in [0.1, 0.15) is 5.82 Å².